The number of esters is 1. The van der Waals surface area contributed by atoms with E-state index in [1.54, 1.807) is 29.2 Å². The van der Waals surface area contributed by atoms with Crippen LogP contribution in [0.4, 0.5) is 5.69 Å². The number of amides is 2. The zero-order valence-corrected chi connectivity index (χ0v) is 16.6. The Morgan fingerprint density at radius 3 is 2.24 bits per heavy atom. The molecule has 0 bridgehead atoms. The normalized spacial score (nSPS) is 14.7. The molecule has 1 atom stereocenters. The van der Waals surface area contributed by atoms with Gasteiger partial charge in [0.05, 0.1) is 6.42 Å². The van der Waals surface area contributed by atoms with Gasteiger partial charge >= 0.3 is 5.97 Å². The summed E-state index contributed by atoms with van der Waals surface area (Å²) in [6.07, 6.45) is 2.19. The number of piperidine rings is 1. The van der Waals surface area contributed by atoms with Crippen molar-refractivity contribution in [1.29, 1.82) is 0 Å². The Balaban J connectivity index is 1.69. The SMILES string of the molecule is CC(=O)Nc1ccc(CC(=O)OC(C(=O)N2CCCCC2)c2ccccc2)cc1. The smallest absolute Gasteiger partial charge is 0.311 e. The molecule has 1 N–H and O–H groups in total. The van der Waals surface area contributed by atoms with E-state index < -0.39 is 12.1 Å². The van der Waals surface area contributed by atoms with Crippen molar-refractivity contribution in [2.24, 2.45) is 0 Å². The lowest BCUT2D eigenvalue weighted by Crippen LogP contribution is -2.40. The van der Waals surface area contributed by atoms with E-state index in [0.29, 0.717) is 24.3 Å². The molecule has 0 radical (unpaired) electrons. The molecule has 1 aliphatic heterocycles. The van der Waals surface area contributed by atoms with Crippen molar-refractivity contribution < 1.29 is 19.1 Å². The van der Waals surface area contributed by atoms with Crippen LogP contribution in [0.15, 0.2) is 54.6 Å². The Morgan fingerprint density at radius 1 is 0.966 bits per heavy atom. The molecule has 0 aromatic heterocycles. The number of ether oxygens (including phenoxy) is 1. The number of hydrogen-bond donors (Lipinski definition) is 1. The van der Waals surface area contributed by atoms with E-state index in [-0.39, 0.29) is 18.2 Å². The summed E-state index contributed by atoms with van der Waals surface area (Å²) in [7, 11) is 0. The molecule has 0 aliphatic carbocycles. The maximum atomic E-state index is 13.0. The zero-order valence-electron chi connectivity index (χ0n) is 16.6. The molecule has 2 aromatic carbocycles. The molecular weight excluding hydrogens is 368 g/mol. The molecule has 1 heterocycles. The Kier molecular flexibility index (Phi) is 7.00. The van der Waals surface area contributed by atoms with Crippen molar-refractivity contribution in [3.8, 4) is 0 Å². The fourth-order valence-corrected chi connectivity index (χ4v) is 3.42. The Morgan fingerprint density at radius 2 is 1.62 bits per heavy atom. The number of rotatable bonds is 6. The maximum Gasteiger partial charge on any atom is 0.311 e. The van der Waals surface area contributed by atoms with E-state index in [9.17, 15) is 14.4 Å². The van der Waals surface area contributed by atoms with Gasteiger partial charge < -0.3 is 15.0 Å². The van der Waals surface area contributed by atoms with E-state index in [1.165, 1.54) is 6.92 Å². The van der Waals surface area contributed by atoms with Crippen LogP contribution in [0.3, 0.4) is 0 Å². The lowest BCUT2D eigenvalue weighted by atomic mass is 10.1. The van der Waals surface area contributed by atoms with Crippen molar-refractivity contribution in [1.82, 2.24) is 4.90 Å². The zero-order chi connectivity index (χ0) is 20.6. The summed E-state index contributed by atoms with van der Waals surface area (Å²) in [5.41, 5.74) is 2.09. The van der Waals surface area contributed by atoms with E-state index in [1.807, 2.05) is 30.3 Å². The predicted molar refractivity (Wildman–Crippen MR) is 110 cm³/mol. The van der Waals surface area contributed by atoms with Crippen LogP contribution < -0.4 is 5.32 Å². The van der Waals surface area contributed by atoms with Crippen LogP contribution in [0, 0.1) is 0 Å². The molecule has 0 saturated carbocycles. The second-order valence-corrected chi connectivity index (χ2v) is 7.22. The third-order valence-electron chi connectivity index (χ3n) is 4.87. The molecule has 2 aromatic rings. The molecule has 3 rings (SSSR count). The van der Waals surface area contributed by atoms with Crippen LogP contribution >= 0.6 is 0 Å². The number of likely N-dealkylation sites (tertiary alicyclic amines) is 1. The Hall–Kier alpha value is -3.15. The molecule has 0 spiro atoms. The van der Waals surface area contributed by atoms with Crippen LogP contribution in [0.2, 0.25) is 0 Å². The van der Waals surface area contributed by atoms with Crippen molar-refractivity contribution in [3.05, 3.63) is 65.7 Å². The summed E-state index contributed by atoms with van der Waals surface area (Å²) >= 11 is 0. The van der Waals surface area contributed by atoms with Gasteiger partial charge in [0.15, 0.2) is 0 Å². The van der Waals surface area contributed by atoms with Gasteiger partial charge in [-0.2, -0.15) is 0 Å². The van der Waals surface area contributed by atoms with Crippen LogP contribution in [0.5, 0.6) is 0 Å². The topological polar surface area (TPSA) is 75.7 Å². The molecule has 6 nitrogen and oxygen atoms in total. The fraction of sp³-hybridized carbons (Fsp3) is 0.348. The first-order valence-corrected chi connectivity index (χ1v) is 9.92. The Labute approximate surface area is 170 Å². The molecular formula is C23H26N2O4. The quantitative estimate of drug-likeness (QED) is 0.761. The van der Waals surface area contributed by atoms with Gasteiger partial charge in [0.25, 0.3) is 5.91 Å². The van der Waals surface area contributed by atoms with Gasteiger partial charge in [0, 0.05) is 31.3 Å². The fourth-order valence-electron chi connectivity index (χ4n) is 3.42. The number of carbonyl (C=O) groups excluding carboxylic acids is 3. The Bertz CT molecular complexity index is 843. The first kappa shape index (κ1) is 20.6. The minimum atomic E-state index is -0.930. The van der Waals surface area contributed by atoms with Crippen molar-refractivity contribution >= 4 is 23.5 Å². The number of benzene rings is 2. The van der Waals surface area contributed by atoms with Crippen LogP contribution in [-0.2, 0) is 25.5 Å². The molecule has 29 heavy (non-hydrogen) atoms. The number of anilines is 1. The van der Waals surface area contributed by atoms with Crippen LogP contribution in [0.1, 0.15) is 43.4 Å². The average molecular weight is 394 g/mol. The summed E-state index contributed by atoms with van der Waals surface area (Å²) in [5, 5.41) is 2.69. The first-order valence-electron chi connectivity index (χ1n) is 9.92. The van der Waals surface area contributed by atoms with E-state index in [4.69, 9.17) is 4.74 Å². The van der Waals surface area contributed by atoms with Crippen molar-refractivity contribution in [2.75, 3.05) is 18.4 Å². The summed E-state index contributed by atoms with van der Waals surface area (Å²) in [4.78, 5) is 38.5. The first-order chi connectivity index (χ1) is 14.0. The van der Waals surface area contributed by atoms with Gasteiger partial charge in [-0.05, 0) is 37.0 Å². The molecule has 152 valence electrons. The van der Waals surface area contributed by atoms with Gasteiger partial charge in [-0.3, -0.25) is 14.4 Å². The molecule has 1 unspecified atom stereocenters. The van der Waals surface area contributed by atoms with Gasteiger partial charge in [-0.1, -0.05) is 42.5 Å². The summed E-state index contributed by atoms with van der Waals surface area (Å²) in [6, 6.07) is 16.1. The third kappa shape index (κ3) is 5.91. The lowest BCUT2D eigenvalue weighted by Gasteiger charge is -2.30. The molecule has 1 fully saturated rings. The highest BCUT2D eigenvalue weighted by molar-refractivity contribution is 5.89. The molecule has 2 amide bonds. The maximum absolute atomic E-state index is 13.0. The average Bonchev–Trinajstić information content (AvgIpc) is 2.74. The summed E-state index contributed by atoms with van der Waals surface area (Å²) in [6.45, 7) is 2.84. The second-order valence-electron chi connectivity index (χ2n) is 7.22. The van der Waals surface area contributed by atoms with Crippen molar-refractivity contribution in [2.45, 2.75) is 38.7 Å². The predicted octanol–water partition coefficient (Wildman–Crippen LogP) is 3.48. The van der Waals surface area contributed by atoms with Crippen LogP contribution in [0.25, 0.3) is 0 Å². The summed E-state index contributed by atoms with van der Waals surface area (Å²) < 4.78 is 5.65. The van der Waals surface area contributed by atoms with E-state index in [2.05, 4.69) is 5.32 Å². The second kappa shape index (κ2) is 9.87. The summed E-state index contributed by atoms with van der Waals surface area (Å²) in [5.74, 6) is -0.777. The number of nitrogens with one attached hydrogen (secondary N) is 1. The largest absolute Gasteiger partial charge is 0.447 e. The monoisotopic (exact) mass is 394 g/mol. The minimum absolute atomic E-state index is 0.0525. The highest BCUT2D eigenvalue weighted by atomic mass is 16.5. The third-order valence-corrected chi connectivity index (χ3v) is 4.87. The van der Waals surface area contributed by atoms with Gasteiger partial charge in [-0.25, -0.2) is 0 Å². The number of carbonyl (C=O) groups is 3. The van der Waals surface area contributed by atoms with Gasteiger partial charge in [-0.15, -0.1) is 0 Å². The van der Waals surface area contributed by atoms with Crippen LogP contribution in [-0.4, -0.2) is 35.8 Å². The number of nitrogens with zero attached hydrogens (tertiary/aromatic N) is 1. The molecule has 6 heteroatoms. The molecule has 1 aliphatic rings. The van der Waals surface area contributed by atoms with Gasteiger partial charge in [0.1, 0.15) is 0 Å². The van der Waals surface area contributed by atoms with Gasteiger partial charge in [0.2, 0.25) is 12.0 Å². The highest BCUT2D eigenvalue weighted by Crippen LogP contribution is 2.23. The molecule has 1 saturated heterocycles. The van der Waals surface area contributed by atoms with Crippen molar-refractivity contribution in [3.63, 3.8) is 0 Å². The van der Waals surface area contributed by atoms with E-state index in [0.717, 1.165) is 24.8 Å². The van der Waals surface area contributed by atoms with E-state index >= 15 is 0 Å². The number of hydrogen-bond acceptors (Lipinski definition) is 4. The highest BCUT2D eigenvalue weighted by Gasteiger charge is 2.30. The standard InChI is InChI=1S/C23H26N2O4/c1-17(26)24-20-12-10-18(11-13-20)16-21(27)29-22(19-8-4-2-5-9-19)23(28)25-14-6-3-7-15-25/h2,4-5,8-13,22H,3,6-7,14-16H2,1H3,(H,24,26). The minimum Gasteiger partial charge on any atom is -0.447 e. The lowest BCUT2D eigenvalue weighted by molar-refractivity contribution is -0.160.